The van der Waals surface area contributed by atoms with Crippen LogP contribution in [0.15, 0.2) is 54.7 Å². The number of aryl methyl sites for hydroxylation is 1. The number of ether oxygens (including phenoxy) is 1. The highest BCUT2D eigenvalue weighted by Crippen LogP contribution is 2.35. The number of nitrogens with zero attached hydrogens (tertiary/aromatic N) is 2. The van der Waals surface area contributed by atoms with Crippen molar-refractivity contribution in [2.45, 2.75) is 12.3 Å². The van der Waals surface area contributed by atoms with E-state index in [0.29, 0.717) is 32.7 Å². The van der Waals surface area contributed by atoms with Crippen molar-refractivity contribution in [3.8, 4) is 0 Å². The third-order valence-corrected chi connectivity index (χ3v) is 5.30. The van der Waals surface area contributed by atoms with Crippen LogP contribution in [-0.2, 0) is 16.6 Å². The lowest BCUT2D eigenvalue weighted by Crippen LogP contribution is -2.41. The first-order valence-corrected chi connectivity index (χ1v) is 9.28. The molecular formula is C22H23FN2O2. The van der Waals surface area contributed by atoms with Crippen molar-refractivity contribution in [2.24, 2.45) is 7.05 Å². The van der Waals surface area contributed by atoms with Gasteiger partial charge in [-0.2, -0.15) is 0 Å². The summed E-state index contributed by atoms with van der Waals surface area (Å²) >= 11 is 0. The highest BCUT2D eigenvalue weighted by Gasteiger charge is 2.26. The lowest BCUT2D eigenvalue weighted by Gasteiger charge is -2.28. The summed E-state index contributed by atoms with van der Waals surface area (Å²) < 4.78 is 21.4. The molecule has 140 valence electrons. The van der Waals surface area contributed by atoms with Crippen molar-refractivity contribution in [2.75, 3.05) is 26.3 Å². The van der Waals surface area contributed by atoms with Crippen LogP contribution >= 0.6 is 0 Å². The van der Waals surface area contributed by atoms with Crippen molar-refractivity contribution in [1.82, 2.24) is 9.47 Å². The number of rotatable bonds is 4. The zero-order valence-electron chi connectivity index (χ0n) is 15.4. The van der Waals surface area contributed by atoms with Crippen molar-refractivity contribution < 1.29 is 13.9 Å². The van der Waals surface area contributed by atoms with Crippen LogP contribution in [0.3, 0.4) is 0 Å². The Morgan fingerprint density at radius 2 is 1.93 bits per heavy atom. The molecule has 4 nitrogen and oxygen atoms in total. The summed E-state index contributed by atoms with van der Waals surface area (Å²) in [6.45, 7) is 2.38. The van der Waals surface area contributed by atoms with Gasteiger partial charge in [-0.15, -0.1) is 0 Å². The van der Waals surface area contributed by atoms with E-state index >= 15 is 0 Å². The molecule has 4 rings (SSSR count). The van der Waals surface area contributed by atoms with Gasteiger partial charge in [-0.25, -0.2) is 4.39 Å². The molecule has 0 N–H and O–H groups in total. The standard InChI is InChI=1S/C22H23FN2O2/c1-24-15-20(18-7-2-3-8-21(18)24)19(16-5-4-6-17(23)13-16)14-22(26)25-9-11-27-12-10-25/h2-8,13,15,19H,9-12,14H2,1H3. The zero-order chi connectivity index (χ0) is 18.8. The molecule has 5 heteroatoms. The summed E-state index contributed by atoms with van der Waals surface area (Å²) in [5.74, 6) is -0.390. The number of amides is 1. The Balaban J connectivity index is 1.75. The fraction of sp³-hybridized carbons (Fsp3) is 0.318. The minimum Gasteiger partial charge on any atom is -0.378 e. The van der Waals surface area contributed by atoms with Crippen LogP contribution in [0.1, 0.15) is 23.5 Å². The fourth-order valence-electron chi connectivity index (χ4n) is 3.90. The average Bonchev–Trinajstić information content (AvgIpc) is 3.03. The van der Waals surface area contributed by atoms with Gasteiger partial charge >= 0.3 is 0 Å². The Labute approximate surface area is 158 Å². The molecule has 1 unspecified atom stereocenters. The van der Waals surface area contributed by atoms with Crippen molar-refractivity contribution in [3.05, 3.63) is 71.7 Å². The summed E-state index contributed by atoms with van der Waals surface area (Å²) in [6, 6.07) is 14.7. The van der Waals surface area contributed by atoms with Crippen molar-refractivity contribution >= 4 is 16.8 Å². The molecule has 1 amide bonds. The summed E-state index contributed by atoms with van der Waals surface area (Å²) in [5.41, 5.74) is 2.99. The summed E-state index contributed by atoms with van der Waals surface area (Å²) in [7, 11) is 2.00. The second kappa shape index (κ2) is 7.53. The van der Waals surface area contributed by atoms with Gasteiger partial charge in [0.25, 0.3) is 0 Å². The molecule has 0 radical (unpaired) electrons. The molecule has 1 saturated heterocycles. The minimum atomic E-state index is -0.281. The van der Waals surface area contributed by atoms with Gasteiger partial charge in [0.1, 0.15) is 5.82 Å². The fourth-order valence-corrected chi connectivity index (χ4v) is 3.90. The molecule has 2 heterocycles. The van der Waals surface area contributed by atoms with E-state index < -0.39 is 0 Å². The molecular weight excluding hydrogens is 343 g/mol. The van der Waals surface area contributed by atoms with Crippen molar-refractivity contribution in [1.29, 1.82) is 0 Å². The second-order valence-corrected chi connectivity index (χ2v) is 7.02. The Kier molecular flexibility index (Phi) is 4.94. The number of para-hydroxylation sites is 1. The first-order chi connectivity index (χ1) is 13.1. The van der Waals surface area contributed by atoms with Gasteiger partial charge in [-0.1, -0.05) is 30.3 Å². The molecule has 2 aromatic carbocycles. The van der Waals surface area contributed by atoms with E-state index in [1.807, 2.05) is 30.1 Å². The third kappa shape index (κ3) is 3.60. The number of halogens is 1. The smallest absolute Gasteiger partial charge is 0.223 e. The van der Waals surface area contributed by atoms with E-state index in [1.165, 1.54) is 6.07 Å². The van der Waals surface area contributed by atoms with E-state index in [9.17, 15) is 9.18 Å². The first-order valence-electron chi connectivity index (χ1n) is 9.28. The molecule has 3 aromatic rings. The normalized spacial score (nSPS) is 15.9. The van der Waals surface area contributed by atoms with Gasteiger partial charge in [0.15, 0.2) is 0 Å². The molecule has 27 heavy (non-hydrogen) atoms. The number of hydrogen-bond acceptors (Lipinski definition) is 2. The molecule has 0 saturated carbocycles. The number of morpholine rings is 1. The molecule has 0 spiro atoms. The third-order valence-electron chi connectivity index (χ3n) is 5.30. The van der Waals surface area contributed by atoms with Gasteiger partial charge in [-0.3, -0.25) is 4.79 Å². The highest BCUT2D eigenvalue weighted by molar-refractivity contribution is 5.86. The minimum absolute atomic E-state index is 0.0838. The van der Waals surface area contributed by atoms with E-state index in [4.69, 9.17) is 4.74 Å². The van der Waals surface area contributed by atoms with Gasteiger partial charge in [0.2, 0.25) is 5.91 Å². The maximum absolute atomic E-state index is 13.9. The summed E-state index contributed by atoms with van der Waals surface area (Å²) in [4.78, 5) is 14.8. The number of benzene rings is 2. The number of aromatic nitrogens is 1. The van der Waals surface area contributed by atoms with Crippen LogP contribution in [0.25, 0.3) is 10.9 Å². The molecule has 1 aliphatic rings. The van der Waals surface area contributed by atoms with E-state index in [-0.39, 0.29) is 17.6 Å². The lowest BCUT2D eigenvalue weighted by atomic mass is 9.87. The van der Waals surface area contributed by atoms with E-state index in [2.05, 4.69) is 22.9 Å². The molecule has 0 aliphatic carbocycles. The number of carbonyl (C=O) groups excluding carboxylic acids is 1. The van der Waals surface area contributed by atoms with E-state index in [0.717, 1.165) is 22.0 Å². The Morgan fingerprint density at radius 1 is 1.15 bits per heavy atom. The predicted molar refractivity (Wildman–Crippen MR) is 103 cm³/mol. The Bertz CT molecular complexity index is 960. The number of hydrogen-bond donors (Lipinski definition) is 0. The Morgan fingerprint density at radius 3 is 2.70 bits per heavy atom. The maximum atomic E-state index is 13.9. The van der Waals surface area contributed by atoms with Gasteiger partial charge in [0.05, 0.1) is 13.2 Å². The quantitative estimate of drug-likeness (QED) is 0.706. The van der Waals surface area contributed by atoms with Crippen LogP contribution in [0, 0.1) is 5.82 Å². The van der Waals surface area contributed by atoms with Crippen LogP contribution in [-0.4, -0.2) is 41.7 Å². The first kappa shape index (κ1) is 17.7. The predicted octanol–water partition coefficient (Wildman–Crippen LogP) is 3.70. The van der Waals surface area contributed by atoms with Crippen LogP contribution in [0.4, 0.5) is 4.39 Å². The van der Waals surface area contributed by atoms with Crippen LogP contribution in [0.5, 0.6) is 0 Å². The van der Waals surface area contributed by atoms with Gasteiger partial charge < -0.3 is 14.2 Å². The second-order valence-electron chi connectivity index (χ2n) is 7.02. The average molecular weight is 366 g/mol. The molecule has 1 atom stereocenters. The monoisotopic (exact) mass is 366 g/mol. The molecule has 1 aliphatic heterocycles. The van der Waals surface area contributed by atoms with Crippen LogP contribution < -0.4 is 0 Å². The van der Waals surface area contributed by atoms with Crippen LogP contribution in [0.2, 0.25) is 0 Å². The maximum Gasteiger partial charge on any atom is 0.223 e. The zero-order valence-corrected chi connectivity index (χ0v) is 15.4. The Hall–Kier alpha value is -2.66. The van der Waals surface area contributed by atoms with E-state index in [1.54, 1.807) is 12.1 Å². The van der Waals surface area contributed by atoms with Crippen molar-refractivity contribution in [3.63, 3.8) is 0 Å². The molecule has 0 bridgehead atoms. The molecule has 1 aromatic heterocycles. The summed E-state index contributed by atoms with van der Waals surface area (Å²) in [5, 5.41) is 1.10. The summed E-state index contributed by atoms with van der Waals surface area (Å²) in [6.07, 6.45) is 2.38. The molecule has 1 fully saturated rings. The van der Waals surface area contributed by atoms with Gasteiger partial charge in [-0.05, 0) is 29.3 Å². The number of carbonyl (C=O) groups is 1. The largest absolute Gasteiger partial charge is 0.378 e. The topological polar surface area (TPSA) is 34.5 Å². The highest BCUT2D eigenvalue weighted by atomic mass is 19.1. The SMILES string of the molecule is Cn1cc(C(CC(=O)N2CCOCC2)c2cccc(F)c2)c2ccccc21. The van der Waals surface area contributed by atoms with Gasteiger partial charge in [0, 0.05) is 49.6 Å². The lowest BCUT2D eigenvalue weighted by molar-refractivity contribution is -0.135. The number of fused-ring (bicyclic) bond motifs is 1.